The molecule has 0 saturated carbocycles. The quantitative estimate of drug-likeness (QED) is 0.683. The summed E-state index contributed by atoms with van der Waals surface area (Å²) in [7, 11) is 3.43. The molecule has 5 nitrogen and oxygen atoms in total. The van der Waals surface area contributed by atoms with Crippen LogP contribution in [0, 0.1) is 5.82 Å². The lowest BCUT2D eigenvalue weighted by molar-refractivity contribution is 0.100. The SMILES string of the molecule is COc1c2c(c(Br)c3c1OCO3)CCN(C)C(C(=O)c1ccc(F)cc1)=C2. The van der Waals surface area contributed by atoms with Crippen LogP contribution >= 0.6 is 15.9 Å². The number of hydrogen-bond acceptors (Lipinski definition) is 5. The number of carbonyl (C=O) groups excluding carboxylic acids is 1. The number of ketones is 1. The van der Waals surface area contributed by atoms with Crippen LogP contribution in [0.2, 0.25) is 0 Å². The lowest BCUT2D eigenvalue weighted by Crippen LogP contribution is -2.24. The number of carbonyl (C=O) groups is 1. The van der Waals surface area contributed by atoms with Gasteiger partial charge in [0.25, 0.3) is 0 Å². The molecule has 0 radical (unpaired) electrons. The van der Waals surface area contributed by atoms with Crippen LogP contribution in [0.15, 0.2) is 34.4 Å². The van der Waals surface area contributed by atoms with E-state index in [9.17, 15) is 9.18 Å². The van der Waals surface area contributed by atoms with Crippen LogP contribution in [-0.4, -0.2) is 38.2 Å². The Morgan fingerprint density at radius 3 is 2.63 bits per heavy atom. The number of likely N-dealkylation sites (N-methyl/N-ethyl adjacent to an activating group) is 1. The number of halogens is 2. The molecule has 0 aliphatic carbocycles. The molecule has 2 aromatic carbocycles. The van der Waals surface area contributed by atoms with Crippen molar-refractivity contribution >= 4 is 27.8 Å². The van der Waals surface area contributed by atoms with Gasteiger partial charge in [0.1, 0.15) is 5.82 Å². The number of allylic oxidation sites excluding steroid dienone is 1. The predicted octanol–water partition coefficient (Wildman–Crippen LogP) is 4.04. The van der Waals surface area contributed by atoms with Gasteiger partial charge in [-0.05, 0) is 58.3 Å². The number of benzene rings is 2. The predicted molar refractivity (Wildman–Crippen MR) is 102 cm³/mol. The Morgan fingerprint density at radius 2 is 1.93 bits per heavy atom. The van der Waals surface area contributed by atoms with Crippen LogP contribution in [-0.2, 0) is 6.42 Å². The van der Waals surface area contributed by atoms with Crippen molar-refractivity contribution in [3.63, 3.8) is 0 Å². The van der Waals surface area contributed by atoms with Gasteiger partial charge in [-0.2, -0.15) is 0 Å². The van der Waals surface area contributed by atoms with Gasteiger partial charge < -0.3 is 19.1 Å². The molecule has 0 bridgehead atoms. The first kappa shape index (κ1) is 17.9. The maximum Gasteiger partial charge on any atom is 0.231 e. The van der Waals surface area contributed by atoms with E-state index in [1.165, 1.54) is 24.3 Å². The number of rotatable bonds is 3. The zero-order valence-corrected chi connectivity index (χ0v) is 16.4. The maximum absolute atomic E-state index is 13.2. The second kappa shape index (κ2) is 6.88. The van der Waals surface area contributed by atoms with Crippen molar-refractivity contribution < 1.29 is 23.4 Å². The molecule has 2 aliphatic rings. The summed E-state index contributed by atoms with van der Waals surface area (Å²) < 4.78 is 30.8. The summed E-state index contributed by atoms with van der Waals surface area (Å²) in [5.74, 6) is 1.13. The molecule has 140 valence electrons. The van der Waals surface area contributed by atoms with E-state index in [2.05, 4.69) is 15.9 Å². The molecular formula is C20H17BrFNO4. The topological polar surface area (TPSA) is 48.0 Å². The number of methoxy groups -OCH3 is 1. The molecule has 0 atom stereocenters. The van der Waals surface area contributed by atoms with Gasteiger partial charge in [0.2, 0.25) is 18.3 Å². The van der Waals surface area contributed by atoms with E-state index in [1.807, 2.05) is 11.9 Å². The van der Waals surface area contributed by atoms with E-state index >= 15 is 0 Å². The van der Waals surface area contributed by atoms with Gasteiger partial charge in [0.05, 0.1) is 17.3 Å². The third-order valence-corrected chi connectivity index (χ3v) is 5.62. The third-order valence-electron chi connectivity index (χ3n) is 4.79. The van der Waals surface area contributed by atoms with Crippen LogP contribution in [0.5, 0.6) is 17.2 Å². The Balaban J connectivity index is 1.88. The summed E-state index contributed by atoms with van der Waals surface area (Å²) in [6.45, 7) is 0.755. The van der Waals surface area contributed by atoms with Gasteiger partial charge in [-0.25, -0.2) is 4.39 Å². The van der Waals surface area contributed by atoms with Gasteiger partial charge >= 0.3 is 0 Å². The number of Topliss-reactive ketones (excluding diaryl/α,β-unsaturated/α-hetero) is 1. The third kappa shape index (κ3) is 2.96. The Bertz CT molecular complexity index is 956. The van der Waals surface area contributed by atoms with Crippen molar-refractivity contribution in [2.75, 3.05) is 27.5 Å². The molecule has 0 saturated heterocycles. The van der Waals surface area contributed by atoms with E-state index in [0.29, 0.717) is 41.5 Å². The van der Waals surface area contributed by atoms with Crippen molar-refractivity contribution in [1.82, 2.24) is 4.90 Å². The molecule has 2 aliphatic heterocycles. The first-order chi connectivity index (χ1) is 13.0. The summed E-state index contributed by atoms with van der Waals surface area (Å²) in [5.41, 5.74) is 2.70. The summed E-state index contributed by atoms with van der Waals surface area (Å²) in [6.07, 6.45) is 2.50. The highest BCUT2D eigenvalue weighted by Crippen LogP contribution is 2.51. The smallest absolute Gasteiger partial charge is 0.231 e. The van der Waals surface area contributed by atoms with E-state index < -0.39 is 0 Å². The molecule has 0 fully saturated rings. The van der Waals surface area contributed by atoms with Crippen molar-refractivity contribution in [3.8, 4) is 17.2 Å². The number of fused-ring (bicyclic) bond motifs is 2. The number of nitrogens with zero attached hydrogens (tertiary/aromatic N) is 1. The molecule has 0 spiro atoms. The highest BCUT2D eigenvalue weighted by atomic mass is 79.9. The Hall–Kier alpha value is -2.54. The largest absolute Gasteiger partial charge is 0.492 e. The van der Waals surface area contributed by atoms with Crippen molar-refractivity contribution in [1.29, 1.82) is 0 Å². The monoisotopic (exact) mass is 433 g/mol. The summed E-state index contributed by atoms with van der Waals surface area (Å²) >= 11 is 3.61. The lowest BCUT2D eigenvalue weighted by atomic mass is 10.0. The zero-order valence-electron chi connectivity index (χ0n) is 14.8. The Kier molecular flexibility index (Phi) is 4.55. The zero-order chi connectivity index (χ0) is 19.1. The van der Waals surface area contributed by atoms with Crippen LogP contribution in [0.3, 0.4) is 0 Å². The van der Waals surface area contributed by atoms with E-state index in [1.54, 1.807) is 13.2 Å². The minimum atomic E-state index is -0.376. The maximum atomic E-state index is 13.2. The molecule has 0 aromatic heterocycles. The first-order valence-corrected chi connectivity index (χ1v) is 9.21. The molecule has 0 unspecified atom stereocenters. The average Bonchev–Trinajstić information content (AvgIpc) is 3.08. The minimum Gasteiger partial charge on any atom is -0.492 e. The molecule has 7 heteroatoms. The molecular weight excluding hydrogens is 417 g/mol. The summed E-state index contributed by atoms with van der Waals surface area (Å²) in [5, 5.41) is 0. The first-order valence-electron chi connectivity index (χ1n) is 8.42. The fourth-order valence-electron chi connectivity index (χ4n) is 3.36. The van der Waals surface area contributed by atoms with Gasteiger partial charge in [0, 0.05) is 24.7 Å². The fourth-order valence-corrected chi connectivity index (χ4v) is 4.07. The highest BCUT2D eigenvalue weighted by molar-refractivity contribution is 9.10. The van der Waals surface area contributed by atoms with Crippen LogP contribution < -0.4 is 14.2 Å². The molecule has 2 aromatic rings. The van der Waals surface area contributed by atoms with E-state index in [0.717, 1.165) is 15.6 Å². The normalized spacial score (nSPS) is 15.1. The summed E-state index contributed by atoms with van der Waals surface area (Å²) in [6, 6.07) is 5.55. The highest BCUT2D eigenvalue weighted by Gasteiger charge is 2.31. The van der Waals surface area contributed by atoms with Gasteiger partial charge in [0.15, 0.2) is 11.5 Å². The van der Waals surface area contributed by atoms with Gasteiger partial charge in [-0.3, -0.25) is 4.79 Å². The van der Waals surface area contributed by atoms with Crippen molar-refractivity contribution in [2.45, 2.75) is 6.42 Å². The number of ether oxygens (including phenoxy) is 3. The molecule has 27 heavy (non-hydrogen) atoms. The lowest BCUT2D eigenvalue weighted by Gasteiger charge is -2.19. The molecule has 2 heterocycles. The Labute approximate surface area is 164 Å². The van der Waals surface area contributed by atoms with Crippen molar-refractivity contribution in [2.24, 2.45) is 0 Å². The standard InChI is InChI=1S/C20H17BrFNO4/c1-23-8-7-13-14(18(25-2)20-19(16(13)21)26-10-27-20)9-15(23)17(24)11-3-5-12(22)6-4-11/h3-6,9H,7-8,10H2,1-2H3. The second-order valence-electron chi connectivity index (χ2n) is 6.34. The molecule has 0 amide bonds. The Morgan fingerprint density at radius 1 is 1.22 bits per heavy atom. The van der Waals surface area contributed by atoms with Gasteiger partial charge in [-0.15, -0.1) is 0 Å². The molecule has 4 rings (SSSR count). The van der Waals surface area contributed by atoms with Gasteiger partial charge in [-0.1, -0.05) is 0 Å². The molecule has 0 N–H and O–H groups in total. The second-order valence-corrected chi connectivity index (χ2v) is 7.13. The van der Waals surface area contributed by atoms with Crippen LogP contribution in [0.4, 0.5) is 4.39 Å². The van der Waals surface area contributed by atoms with Crippen LogP contribution in [0.1, 0.15) is 21.5 Å². The van der Waals surface area contributed by atoms with E-state index in [4.69, 9.17) is 14.2 Å². The van der Waals surface area contributed by atoms with Crippen molar-refractivity contribution in [3.05, 3.63) is 56.9 Å². The summed E-state index contributed by atoms with van der Waals surface area (Å²) in [4.78, 5) is 15.0. The average molecular weight is 434 g/mol. The number of hydrogen-bond donors (Lipinski definition) is 0. The fraction of sp³-hybridized carbons (Fsp3) is 0.250. The van der Waals surface area contributed by atoms with Crippen LogP contribution in [0.25, 0.3) is 6.08 Å². The minimum absolute atomic E-state index is 0.123. The van der Waals surface area contributed by atoms with E-state index in [-0.39, 0.29) is 18.4 Å².